The van der Waals surface area contributed by atoms with Gasteiger partial charge in [0.15, 0.2) is 0 Å². The van der Waals surface area contributed by atoms with Gasteiger partial charge in [0.05, 0.1) is 4.90 Å². The molecule has 2 aliphatic carbocycles. The Morgan fingerprint density at radius 1 is 1.09 bits per heavy atom. The maximum absolute atomic E-state index is 12.3. The zero-order valence-electron chi connectivity index (χ0n) is 12.9. The van der Waals surface area contributed by atoms with Crippen molar-refractivity contribution in [2.45, 2.75) is 37.5 Å². The summed E-state index contributed by atoms with van der Waals surface area (Å²) in [5.74, 6) is 0.658. The van der Waals surface area contributed by atoms with Crippen molar-refractivity contribution < 1.29 is 18.0 Å². The first-order chi connectivity index (χ1) is 10.8. The number of anilines is 1. The van der Waals surface area contributed by atoms with E-state index in [0.29, 0.717) is 17.5 Å². The average molecular weight is 336 g/mol. The number of hydrogen-bond donors (Lipinski definition) is 2. The lowest BCUT2D eigenvalue weighted by Gasteiger charge is -2.20. The van der Waals surface area contributed by atoms with Gasteiger partial charge in [0.1, 0.15) is 0 Å². The minimum atomic E-state index is -3.84. The number of rotatable bonds is 4. The summed E-state index contributed by atoms with van der Waals surface area (Å²) in [5.41, 5.74) is 0.569. The Morgan fingerprint density at radius 3 is 2.30 bits per heavy atom. The molecule has 1 aromatic rings. The summed E-state index contributed by atoms with van der Waals surface area (Å²) in [6, 6.07) is 5.84. The van der Waals surface area contributed by atoms with Crippen LogP contribution in [0, 0.1) is 17.8 Å². The quantitative estimate of drug-likeness (QED) is 0.878. The molecule has 0 radical (unpaired) electrons. The van der Waals surface area contributed by atoms with E-state index in [9.17, 15) is 18.0 Å². The molecule has 3 rings (SSSR count). The Labute approximate surface area is 135 Å². The van der Waals surface area contributed by atoms with Crippen LogP contribution in [0.2, 0.25) is 0 Å². The van der Waals surface area contributed by atoms with Gasteiger partial charge in [-0.15, -0.1) is 0 Å². The highest BCUT2D eigenvalue weighted by molar-refractivity contribution is 7.90. The number of amides is 2. The number of carbonyl (C=O) groups excluding carboxylic acids is 2. The smallest absolute Gasteiger partial charge is 0.264 e. The normalized spacial score (nSPS) is 26.0. The van der Waals surface area contributed by atoms with Crippen LogP contribution < -0.4 is 10.0 Å². The molecule has 0 saturated heterocycles. The zero-order chi connectivity index (χ0) is 16.6. The van der Waals surface area contributed by atoms with E-state index < -0.39 is 15.9 Å². The second-order valence-electron chi connectivity index (χ2n) is 6.46. The van der Waals surface area contributed by atoms with E-state index in [0.717, 1.165) is 26.2 Å². The molecule has 2 saturated carbocycles. The molecular weight excluding hydrogens is 316 g/mol. The van der Waals surface area contributed by atoms with E-state index in [4.69, 9.17) is 0 Å². The average Bonchev–Trinajstić information content (AvgIpc) is 3.09. The molecule has 2 aliphatic rings. The third-order valence-electron chi connectivity index (χ3n) is 4.79. The minimum Gasteiger partial charge on any atom is -0.326 e. The fourth-order valence-electron chi connectivity index (χ4n) is 3.77. The molecule has 2 N–H and O–H groups in total. The van der Waals surface area contributed by atoms with Gasteiger partial charge in [-0.1, -0.05) is 6.42 Å². The van der Waals surface area contributed by atoms with Crippen molar-refractivity contribution in [2.75, 3.05) is 5.32 Å². The first-order valence-corrected chi connectivity index (χ1v) is 9.28. The Kier molecular flexibility index (Phi) is 4.14. The van der Waals surface area contributed by atoms with E-state index in [1.807, 2.05) is 4.72 Å². The maximum Gasteiger partial charge on any atom is 0.264 e. The number of fused-ring (bicyclic) bond motifs is 2. The fourth-order valence-corrected chi connectivity index (χ4v) is 4.76. The van der Waals surface area contributed by atoms with Gasteiger partial charge in [0, 0.05) is 18.5 Å². The van der Waals surface area contributed by atoms with Crippen LogP contribution in [0.15, 0.2) is 29.2 Å². The molecule has 0 heterocycles. The maximum atomic E-state index is 12.3. The Bertz CT molecular complexity index is 727. The lowest BCUT2D eigenvalue weighted by Crippen LogP contribution is -2.28. The summed E-state index contributed by atoms with van der Waals surface area (Å²) in [6.45, 7) is 1.14. The van der Waals surface area contributed by atoms with Crippen LogP contribution in [-0.2, 0) is 19.6 Å². The molecule has 6 nitrogen and oxygen atoms in total. The molecule has 7 heteroatoms. The minimum absolute atomic E-state index is 0.00868. The van der Waals surface area contributed by atoms with Crippen LogP contribution in [0.1, 0.15) is 32.6 Å². The van der Waals surface area contributed by atoms with E-state index in [-0.39, 0.29) is 16.7 Å². The third-order valence-corrected chi connectivity index (χ3v) is 6.23. The number of benzene rings is 1. The van der Waals surface area contributed by atoms with Crippen LogP contribution >= 0.6 is 0 Å². The molecule has 0 spiro atoms. The summed E-state index contributed by atoms with van der Waals surface area (Å²) in [7, 11) is -3.84. The molecule has 23 heavy (non-hydrogen) atoms. The van der Waals surface area contributed by atoms with E-state index >= 15 is 0 Å². The van der Waals surface area contributed by atoms with Crippen LogP contribution in [-0.4, -0.2) is 20.2 Å². The molecule has 2 amide bonds. The van der Waals surface area contributed by atoms with Gasteiger partial charge in [-0.2, -0.15) is 0 Å². The molecule has 1 aromatic carbocycles. The first kappa shape index (κ1) is 16.0. The SMILES string of the molecule is CC(=O)NS(=O)(=O)c1ccc(NC(=O)[C@@H]2C[C@H]3CC[C@@H]2C3)cc1. The van der Waals surface area contributed by atoms with Crippen molar-refractivity contribution in [3.63, 3.8) is 0 Å². The van der Waals surface area contributed by atoms with Crippen LogP contribution in [0.5, 0.6) is 0 Å². The Hall–Kier alpha value is -1.89. The predicted octanol–water partition coefficient (Wildman–Crippen LogP) is 1.89. The molecular formula is C16H20N2O4S. The lowest BCUT2D eigenvalue weighted by atomic mass is 9.88. The van der Waals surface area contributed by atoms with E-state index in [2.05, 4.69) is 5.32 Å². The number of sulfonamides is 1. The van der Waals surface area contributed by atoms with Crippen molar-refractivity contribution in [3.8, 4) is 0 Å². The lowest BCUT2D eigenvalue weighted by molar-refractivity contribution is -0.121. The highest BCUT2D eigenvalue weighted by Gasteiger charge is 2.42. The largest absolute Gasteiger partial charge is 0.326 e. The molecule has 3 atom stereocenters. The standard InChI is InChI=1S/C16H20N2O4S/c1-10(19)18-23(21,22)14-6-4-13(5-7-14)17-16(20)15-9-11-2-3-12(15)8-11/h4-7,11-12,15H,2-3,8-9H2,1H3,(H,17,20)(H,18,19)/t11-,12+,15+/m0/s1. The van der Waals surface area contributed by atoms with Gasteiger partial charge in [0.2, 0.25) is 11.8 Å². The van der Waals surface area contributed by atoms with Crippen LogP contribution in [0.3, 0.4) is 0 Å². The van der Waals surface area contributed by atoms with Crippen molar-refractivity contribution in [1.82, 2.24) is 4.72 Å². The van der Waals surface area contributed by atoms with Gasteiger partial charge < -0.3 is 5.32 Å². The van der Waals surface area contributed by atoms with Gasteiger partial charge in [-0.25, -0.2) is 13.1 Å². The first-order valence-electron chi connectivity index (χ1n) is 7.79. The topological polar surface area (TPSA) is 92.3 Å². The molecule has 124 valence electrons. The third kappa shape index (κ3) is 3.39. The Balaban J connectivity index is 1.66. The molecule has 2 fully saturated rings. The summed E-state index contributed by atoms with van der Waals surface area (Å²) >= 11 is 0. The van der Waals surface area contributed by atoms with Crippen molar-refractivity contribution in [3.05, 3.63) is 24.3 Å². The molecule has 0 aliphatic heterocycles. The number of nitrogens with one attached hydrogen (secondary N) is 2. The molecule has 2 bridgehead atoms. The Morgan fingerprint density at radius 2 is 1.78 bits per heavy atom. The van der Waals surface area contributed by atoms with Crippen molar-refractivity contribution in [2.24, 2.45) is 17.8 Å². The van der Waals surface area contributed by atoms with Crippen molar-refractivity contribution in [1.29, 1.82) is 0 Å². The van der Waals surface area contributed by atoms with Gasteiger partial charge in [-0.3, -0.25) is 9.59 Å². The second kappa shape index (κ2) is 5.96. The summed E-state index contributed by atoms with van der Waals surface area (Å²) in [5, 5.41) is 2.87. The fraction of sp³-hybridized carbons (Fsp3) is 0.500. The number of carbonyl (C=O) groups is 2. The summed E-state index contributed by atoms with van der Waals surface area (Å²) < 4.78 is 25.6. The predicted molar refractivity (Wildman–Crippen MR) is 85.0 cm³/mol. The van der Waals surface area contributed by atoms with Gasteiger partial charge in [-0.05, 0) is 55.4 Å². The zero-order valence-corrected chi connectivity index (χ0v) is 13.7. The summed E-state index contributed by atoms with van der Waals surface area (Å²) in [4.78, 5) is 23.2. The molecule has 0 aromatic heterocycles. The van der Waals surface area contributed by atoms with Crippen LogP contribution in [0.4, 0.5) is 5.69 Å². The van der Waals surface area contributed by atoms with Crippen LogP contribution in [0.25, 0.3) is 0 Å². The van der Waals surface area contributed by atoms with E-state index in [1.165, 1.54) is 18.6 Å². The monoisotopic (exact) mass is 336 g/mol. The number of hydrogen-bond acceptors (Lipinski definition) is 4. The summed E-state index contributed by atoms with van der Waals surface area (Å²) in [6.07, 6.45) is 4.50. The second-order valence-corrected chi connectivity index (χ2v) is 8.14. The van der Waals surface area contributed by atoms with Gasteiger partial charge in [0.25, 0.3) is 10.0 Å². The highest BCUT2D eigenvalue weighted by Crippen LogP contribution is 2.48. The highest BCUT2D eigenvalue weighted by atomic mass is 32.2. The van der Waals surface area contributed by atoms with Gasteiger partial charge >= 0.3 is 0 Å². The van der Waals surface area contributed by atoms with Crippen molar-refractivity contribution >= 4 is 27.5 Å². The molecule has 0 unspecified atom stereocenters. The van der Waals surface area contributed by atoms with E-state index in [1.54, 1.807) is 12.1 Å².